The topological polar surface area (TPSA) is 43.4 Å². The van der Waals surface area contributed by atoms with Gasteiger partial charge in [0.25, 0.3) is 8.32 Å². The van der Waals surface area contributed by atoms with E-state index in [1.54, 1.807) is 0 Å². The van der Waals surface area contributed by atoms with E-state index in [9.17, 15) is 9.59 Å². The van der Waals surface area contributed by atoms with Crippen LogP contribution in [0.25, 0.3) is 0 Å². The largest absolute Gasteiger partial charge is 0.518 e. The van der Waals surface area contributed by atoms with E-state index in [1.165, 1.54) is 0 Å². The van der Waals surface area contributed by atoms with Gasteiger partial charge in [0.05, 0.1) is 0 Å². The molecule has 2 unspecified atom stereocenters. The number of Topliss-reactive ketones (excluding diaryl/α,β-unsaturated/α-hetero) is 1. The molecule has 0 N–H and O–H groups in total. The normalized spacial score (nSPS) is 30.9. The second kappa shape index (κ2) is 4.04. The van der Waals surface area contributed by atoms with Crippen LogP contribution >= 0.6 is 0 Å². The van der Waals surface area contributed by atoms with E-state index in [-0.39, 0.29) is 22.7 Å². The van der Waals surface area contributed by atoms with Gasteiger partial charge in [-0.2, -0.15) is 0 Å². The third-order valence-corrected chi connectivity index (χ3v) is 9.58. The smallest absolute Gasteiger partial charge is 0.307 e. The second-order valence-corrected chi connectivity index (χ2v) is 12.2. The Bertz CT molecular complexity index is 459. The molecule has 2 fully saturated rings. The van der Waals surface area contributed by atoms with E-state index in [2.05, 4.69) is 27.4 Å². The van der Waals surface area contributed by atoms with Crippen molar-refractivity contribution in [3.63, 3.8) is 0 Å². The lowest BCUT2D eigenvalue weighted by molar-refractivity contribution is -0.157. The first-order chi connectivity index (χ1) is 8.52. The monoisotopic (exact) mass is 280 g/mol. The first kappa shape index (κ1) is 14.5. The minimum Gasteiger partial charge on any atom is -0.518 e. The summed E-state index contributed by atoms with van der Waals surface area (Å²) in [7, 11) is -2.16. The maximum atomic E-state index is 12.6. The average Bonchev–Trinajstić information content (AvgIpc) is 2.48. The highest BCUT2D eigenvalue weighted by molar-refractivity contribution is 6.75. The fraction of sp³-hybridized carbons (Fsp3) is 0.733. The van der Waals surface area contributed by atoms with Crippen LogP contribution in [0.5, 0.6) is 0 Å². The van der Waals surface area contributed by atoms with Gasteiger partial charge in [0.1, 0.15) is 5.41 Å². The van der Waals surface area contributed by atoms with Gasteiger partial charge in [-0.3, -0.25) is 9.59 Å². The van der Waals surface area contributed by atoms with E-state index in [0.29, 0.717) is 12.8 Å². The zero-order valence-electron chi connectivity index (χ0n) is 12.6. The molecule has 2 rings (SSSR count). The van der Waals surface area contributed by atoms with Crippen molar-refractivity contribution >= 4 is 20.1 Å². The van der Waals surface area contributed by atoms with Crippen molar-refractivity contribution in [1.29, 1.82) is 0 Å². The number of fused-ring (bicyclic) bond motifs is 1. The molecule has 0 bridgehead atoms. The number of ketones is 1. The van der Waals surface area contributed by atoms with Crippen LogP contribution in [0.1, 0.15) is 40.0 Å². The van der Waals surface area contributed by atoms with Crippen LogP contribution in [-0.2, 0) is 14.0 Å². The molecule has 0 saturated heterocycles. The molecule has 0 aromatic heterocycles. The standard InChI is InChI=1S/C15H24O3Si/c1-10-9-15(11(10)7-8-12(15)16)13(17)18-19(5,6)14(2,3)4/h11H,1,7-9H2,2-6H3. The highest BCUT2D eigenvalue weighted by Gasteiger charge is 2.65. The summed E-state index contributed by atoms with van der Waals surface area (Å²) < 4.78 is 5.87. The van der Waals surface area contributed by atoms with E-state index < -0.39 is 13.7 Å². The molecule has 4 heteroatoms. The molecule has 2 atom stereocenters. The summed E-state index contributed by atoms with van der Waals surface area (Å²) in [5, 5.41) is -0.0306. The third-order valence-electron chi connectivity index (χ3n) is 5.27. The van der Waals surface area contributed by atoms with Crippen molar-refractivity contribution in [1.82, 2.24) is 0 Å². The minimum atomic E-state index is -2.16. The molecular formula is C15H24O3Si. The molecule has 2 aliphatic carbocycles. The highest BCUT2D eigenvalue weighted by atomic mass is 28.4. The van der Waals surface area contributed by atoms with Crippen molar-refractivity contribution in [3.05, 3.63) is 12.2 Å². The van der Waals surface area contributed by atoms with E-state index in [4.69, 9.17) is 4.43 Å². The average molecular weight is 280 g/mol. The summed E-state index contributed by atoms with van der Waals surface area (Å²) in [5.74, 6) is -0.176. The first-order valence-corrected chi connectivity index (χ1v) is 9.87. The molecule has 0 spiro atoms. The summed E-state index contributed by atoms with van der Waals surface area (Å²) in [6.07, 6.45) is 1.77. The first-order valence-electron chi connectivity index (χ1n) is 6.97. The SMILES string of the molecule is C=C1CC2(C(=O)O[Si](C)(C)C(C)(C)C)C(=O)CCC12. The zero-order chi connectivity index (χ0) is 14.6. The Balaban J connectivity index is 2.22. The third kappa shape index (κ3) is 1.92. The molecule has 0 heterocycles. The predicted molar refractivity (Wildman–Crippen MR) is 77.2 cm³/mol. The number of hydrogen-bond acceptors (Lipinski definition) is 3. The number of carbonyl (C=O) groups is 2. The summed E-state index contributed by atoms with van der Waals surface area (Å²) >= 11 is 0. The van der Waals surface area contributed by atoms with Crippen molar-refractivity contribution in [2.45, 2.75) is 58.2 Å². The van der Waals surface area contributed by atoms with Crippen molar-refractivity contribution < 1.29 is 14.0 Å². The van der Waals surface area contributed by atoms with E-state index in [1.807, 2.05) is 13.1 Å². The fourth-order valence-corrected chi connectivity index (χ4v) is 3.82. The molecule has 2 saturated carbocycles. The number of allylic oxidation sites excluding steroid dienone is 1. The van der Waals surface area contributed by atoms with Crippen LogP contribution in [0.2, 0.25) is 18.1 Å². The van der Waals surface area contributed by atoms with Crippen LogP contribution in [0.15, 0.2) is 12.2 Å². The predicted octanol–water partition coefficient (Wildman–Crippen LogP) is 3.46. The van der Waals surface area contributed by atoms with Gasteiger partial charge in [0.15, 0.2) is 5.78 Å². The maximum absolute atomic E-state index is 12.6. The Morgan fingerprint density at radius 2 is 2.00 bits per heavy atom. The zero-order valence-corrected chi connectivity index (χ0v) is 13.6. The van der Waals surface area contributed by atoms with Crippen LogP contribution in [-0.4, -0.2) is 20.1 Å². The Kier molecular flexibility index (Phi) is 3.09. The number of carbonyl (C=O) groups excluding carboxylic acids is 2. The molecule has 2 aliphatic rings. The maximum Gasteiger partial charge on any atom is 0.307 e. The fourth-order valence-electron chi connectivity index (χ4n) is 2.87. The second-order valence-electron chi connectivity index (χ2n) is 7.47. The van der Waals surface area contributed by atoms with Gasteiger partial charge in [-0.05, 0) is 31.0 Å². The molecule has 19 heavy (non-hydrogen) atoms. The van der Waals surface area contributed by atoms with Gasteiger partial charge in [-0.15, -0.1) is 0 Å². The van der Waals surface area contributed by atoms with Crippen molar-refractivity contribution in [3.8, 4) is 0 Å². The summed E-state index contributed by atoms with van der Waals surface area (Å²) in [4.78, 5) is 24.8. The minimum absolute atomic E-state index is 0.0306. The Hall–Kier alpha value is -0.903. The highest BCUT2D eigenvalue weighted by Crippen LogP contribution is 2.59. The Morgan fingerprint density at radius 1 is 1.42 bits per heavy atom. The van der Waals surface area contributed by atoms with Crippen LogP contribution in [0, 0.1) is 11.3 Å². The number of rotatable bonds is 2. The van der Waals surface area contributed by atoms with Crippen LogP contribution in [0.3, 0.4) is 0 Å². The molecule has 0 aromatic carbocycles. The Morgan fingerprint density at radius 3 is 2.47 bits per heavy atom. The van der Waals surface area contributed by atoms with Crippen LogP contribution < -0.4 is 0 Å². The Labute approximate surface area is 116 Å². The molecule has 3 nitrogen and oxygen atoms in total. The molecule has 0 amide bonds. The van der Waals surface area contributed by atoms with Gasteiger partial charge in [0, 0.05) is 12.3 Å². The lowest BCUT2D eigenvalue weighted by Gasteiger charge is -2.46. The van der Waals surface area contributed by atoms with Crippen molar-refractivity contribution in [2.24, 2.45) is 11.3 Å². The van der Waals surface area contributed by atoms with Gasteiger partial charge < -0.3 is 4.43 Å². The lowest BCUT2D eigenvalue weighted by atomic mass is 9.59. The van der Waals surface area contributed by atoms with E-state index >= 15 is 0 Å². The molecule has 0 aromatic rings. The number of hydrogen-bond donors (Lipinski definition) is 0. The summed E-state index contributed by atoms with van der Waals surface area (Å²) in [5.41, 5.74) is 0.171. The summed E-state index contributed by atoms with van der Waals surface area (Å²) in [6.45, 7) is 14.3. The van der Waals surface area contributed by atoms with E-state index in [0.717, 1.165) is 12.0 Å². The van der Waals surface area contributed by atoms with Gasteiger partial charge in [-0.1, -0.05) is 32.9 Å². The van der Waals surface area contributed by atoms with Gasteiger partial charge >= 0.3 is 5.97 Å². The molecule has 0 radical (unpaired) electrons. The molecule has 106 valence electrons. The molecule has 0 aliphatic heterocycles. The quantitative estimate of drug-likeness (QED) is 0.442. The summed E-state index contributed by atoms with van der Waals surface area (Å²) in [6, 6.07) is 0. The van der Waals surface area contributed by atoms with Crippen LogP contribution in [0.4, 0.5) is 0 Å². The lowest BCUT2D eigenvalue weighted by Crippen LogP contribution is -2.54. The van der Waals surface area contributed by atoms with Gasteiger partial charge in [-0.25, -0.2) is 0 Å². The van der Waals surface area contributed by atoms with Crippen molar-refractivity contribution in [2.75, 3.05) is 0 Å². The van der Waals surface area contributed by atoms with Gasteiger partial charge in [0.2, 0.25) is 0 Å². The molecular weight excluding hydrogens is 256 g/mol.